The van der Waals surface area contributed by atoms with Crippen molar-refractivity contribution in [3.63, 3.8) is 0 Å². The molecule has 6 heteroatoms. The summed E-state index contributed by atoms with van der Waals surface area (Å²) in [5.74, 6) is 1.19. The number of benzene rings is 1. The number of rotatable bonds is 3. The van der Waals surface area contributed by atoms with Gasteiger partial charge in [-0.2, -0.15) is 5.10 Å². The minimum atomic E-state index is 0.152. The molecule has 0 spiro atoms. The summed E-state index contributed by atoms with van der Waals surface area (Å²) in [6, 6.07) is 8.78. The number of carbonyl (C=O) groups excluding carboxylic acids is 1. The van der Waals surface area contributed by atoms with Crippen LogP contribution in [0.3, 0.4) is 0 Å². The van der Waals surface area contributed by atoms with Gasteiger partial charge in [-0.1, -0.05) is 18.2 Å². The summed E-state index contributed by atoms with van der Waals surface area (Å²) < 4.78 is 1.93. The Kier molecular flexibility index (Phi) is 4.06. The van der Waals surface area contributed by atoms with Crippen molar-refractivity contribution >= 4 is 11.6 Å². The van der Waals surface area contributed by atoms with Crippen molar-refractivity contribution in [2.45, 2.75) is 51.2 Å². The van der Waals surface area contributed by atoms with E-state index in [4.69, 9.17) is 0 Å². The predicted octanol–water partition coefficient (Wildman–Crippen LogP) is 1.55. The highest BCUT2D eigenvalue weighted by Gasteiger charge is 2.28. The zero-order valence-corrected chi connectivity index (χ0v) is 14.0. The second kappa shape index (κ2) is 6.36. The fourth-order valence-corrected chi connectivity index (χ4v) is 3.79. The SMILES string of the molecule is C[C@H]1CCc2ccccc2N1C(=O)CN[C@@H]1CCc2ncnn2C1. The maximum Gasteiger partial charge on any atom is 0.241 e. The van der Waals surface area contributed by atoms with Crippen LogP contribution in [0.2, 0.25) is 0 Å². The van der Waals surface area contributed by atoms with E-state index in [1.807, 2.05) is 21.7 Å². The second-order valence-electron chi connectivity index (χ2n) is 6.76. The average Bonchev–Trinajstić information content (AvgIpc) is 3.07. The zero-order chi connectivity index (χ0) is 16.5. The number of hydrogen-bond acceptors (Lipinski definition) is 4. The lowest BCUT2D eigenvalue weighted by Gasteiger charge is -2.36. The van der Waals surface area contributed by atoms with Gasteiger partial charge in [0.2, 0.25) is 5.91 Å². The number of hydrogen-bond donors (Lipinski definition) is 1. The van der Waals surface area contributed by atoms with Crippen molar-refractivity contribution < 1.29 is 4.79 Å². The van der Waals surface area contributed by atoms with E-state index >= 15 is 0 Å². The Balaban J connectivity index is 1.42. The van der Waals surface area contributed by atoms with Crippen LogP contribution in [0.5, 0.6) is 0 Å². The first kappa shape index (κ1) is 15.3. The summed E-state index contributed by atoms with van der Waals surface area (Å²) in [4.78, 5) is 19.0. The molecule has 0 radical (unpaired) electrons. The van der Waals surface area contributed by atoms with Gasteiger partial charge in [0.25, 0.3) is 0 Å². The molecule has 24 heavy (non-hydrogen) atoms. The Morgan fingerprint density at radius 1 is 1.29 bits per heavy atom. The number of anilines is 1. The van der Waals surface area contributed by atoms with Crippen molar-refractivity contribution in [3.8, 4) is 0 Å². The zero-order valence-electron chi connectivity index (χ0n) is 14.0. The predicted molar refractivity (Wildman–Crippen MR) is 91.8 cm³/mol. The number of para-hydroxylation sites is 1. The van der Waals surface area contributed by atoms with Gasteiger partial charge in [-0.3, -0.25) is 4.79 Å². The van der Waals surface area contributed by atoms with E-state index in [9.17, 15) is 4.79 Å². The van der Waals surface area contributed by atoms with Crippen molar-refractivity contribution in [1.82, 2.24) is 20.1 Å². The van der Waals surface area contributed by atoms with Crippen molar-refractivity contribution in [3.05, 3.63) is 42.0 Å². The van der Waals surface area contributed by atoms with Crippen molar-refractivity contribution in [1.29, 1.82) is 0 Å². The number of nitrogens with one attached hydrogen (secondary N) is 1. The van der Waals surface area contributed by atoms with Crippen LogP contribution in [0.15, 0.2) is 30.6 Å². The standard InChI is InChI=1S/C18H23N5O/c1-13-6-7-14-4-2-3-5-16(14)23(13)18(24)10-19-15-8-9-17-20-12-21-22(17)11-15/h2-5,12-13,15,19H,6-11H2,1H3/t13-,15+/m0/s1. The molecule has 126 valence electrons. The molecular weight excluding hydrogens is 302 g/mol. The van der Waals surface area contributed by atoms with Gasteiger partial charge in [0.1, 0.15) is 12.2 Å². The highest BCUT2D eigenvalue weighted by Crippen LogP contribution is 2.30. The monoisotopic (exact) mass is 325 g/mol. The molecule has 1 aromatic carbocycles. The molecule has 2 aliphatic rings. The topological polar surface area (TPSA) is 63.1 Å². The van der Waals surface area contributed by atoms with Crippen molar-refractivity contribution in [2.75, 3.05) is 11.4 Å². The number of aryl methyl sites for hydroxylation is 2. The third-order valence-electron chi connectivity index (χ3n) is 5.14. The molecule has 0 fully saturated rings. The molecule has 4 rings (SSSR count). The number of aromatic nitrogens is 3. The van der Waals surface area contributed by atoms with Gasteiger partial charge in [-0.05, 0) is 37.8 Å². The van der Waals surface area contributed by atoms with Crippen LogP contribution in [-0.4, -0.2) is 39.3 Å². The average molecular weight is 325 g/mol. The summed E-state index contributed by atoms with van der Waals surface area (Å²) in [6.45, 7) is 3.29. The van der Waals surface area contributed by atoms with Gasteiger partial charge in [-0.15, -0.1) is 0 Å². The molecule has 6 nitrogen and oxygen atoms in total. The minimum absolute atomic E-state index is 0.152. The first-order valence-electron chi connectivity index (χ1n) is 8.72. The Bertz CT molecular complexity index is 741. The van der Waals surface area contributed by atoms with E-state index in [0.29, 0.717) is 6.54 Å². The normalized spacial score (nSPS) is 22.8. The Labute approximate surface area is 141 Å². The van der Waals surface area contributed by atoms with Crippen LogP contribution in [0.25, 0.3) is 0 Å². The highest BCUT2D eigenvalue weighted by molar-refractivity contribution is 5.96. The lowest BCUT2D eigenvalue weighted by molar-refractivity contribution is -0.118. The molecule has 2 aromatic rings. The summed E-state index contributed by atoms with van der Waals surface area (Å²) in [7, 11) is 0. The van der Waals surface area contributed by atoms with E-state index in [-0.39, 0.29) is 18.0 Å². The Morgan fingerprint density at radius 2 is 2.17 bits per heavy atom. The molecule has 0 saturated heterocycles. The molecule has 1 aromatic heterocycles. The van der Waals surface area contributed by atoms with Crippen LogP contribution in [-0.2, 0) is 24.2 Å². The smallest absolute Gasteiger partial charge is 0.241 e. The van der Waals surface area contributed by atoms with Crippen molar-refractivity contribution in [2.24, 2.45) is 0 Å². The minimum Gasteiger partial charge on any atom is -0.308 e. The molecule has 2 aliphatic heterocycles. The lowest BCUT2D eigenvalue weighted by Crippen LogP contribution is -2.49. The third-order valence-corrected chi connectivity index (χ3v) is 5.14. The Hall–Kier alpha value is -2.21. The Morgan fingerprint density at radius 3 is 3.08 bits per heavy atom. The summed E-state index contributed by atoms with van der Waals surface area (Å²) >= 11 is 0. The maximum absolute atomic E-state index is 12.8. The fraction of sp³-hybridized carbons (Fsp3) is 0.500. The molecule has 0 saturated carbocycles. The lowest BCUT2D eigenvalue weighted by atomic mass is 9.96. The molecule has 1 N–H and O–H groups in total. The number of carbonyl (C=O) groups is 1. The molecule has 0 unspecified atom stereocenters. The molecule has 1 amide bonds. The fourth-order valence-electron chi connectivity index (χ4n) is 3.79. The van der Waals surface area contributed by atoms with Gasteiger partial charge >= 0.3 is 0 Å². The first-order valence-corrected chi connectivity index (χ1v) is 8.72. The molecule has 0 aliphatic carbocycles. The summed E-state index contributed by atoms with van der Waals surface area (Å²) in [5.41, 5.74) is 2.35. The van der Waals surface area contributed by atoms with Gasteiger partial charge in [0, 0.05) is 24.2 Å². The van der Waals surface area contributed by atoms with Crippen LogP contribution in [0.1, 0.15) is 31.2 Å². The van der Waals surface area contributed by atoms with E-state index in [0.717, 1.165) is 43.7 Å². The van der Waals surface area contributed by atoms with Crippen LogP contribution in [0.4, 0.5) is 5.69 Å². The highest BCUT2D eigenvalue weighted by atomic mass is 16.2. The van der Waals surface area contributed by atoms with E-state index < -0.39 is 0 Å². The quantitative estimate of drug-likeness (QED) is 0.930. The van der Waals surface area contributed by atoms with Gasteiger partial charge in [0.05, 0.1) is 13.1 Å². The number of fused-ring (bicyclic) bond motifs is 2. The second-order valence-corrected chi connectivity index (χ2v) is 6.76. The van der Waals surface area contributed by atoms with Crippen LogP contribution >= 0.6 is 0 Å². The maximum atomic E-state index is 12.8. The third kappa shape index (κ3) is 2.82. The molecule has 0 bridgehead atoms. The first-order chi connectivity index (χ1) is 11.7. The number of amides is 1. The molecule has 3 heterocycles. The molecular formula is C18H23N5O. The van der Waals surface area contributed by atoms with Gasteiger partial charge in [-0.25, -0.2) is 9.67 Å². The van der Waals surface area contributed by atoms with E-state index in [2.05, 4.69) is 34.5 Å². The number of nitrogens with zero attached hydrogens (tertiary/aromatic N) is 4. The van der Waals surface area contributed by atoms with Crippen LogP contribution in [0, 0.1) is 0 Å². The summed E-state index contributed by atoms with van der Waals surface area (Å²) in [5, 5.41) is 7.66. The van der Waals surface area contributed by atoms with E-state index in [1.165, 1.54) is 5.56 Å². The largest absolute Gasteiger partial charge is 0.308 e. The van der Waals surface area contributed by atoms with Crippen LogP contribution < -0.4 is 10.2 Å². The van der Waals surface area contributed by atoms with Gasteiger partial charge in [0.15, 0.2) is 0 Å². The summed E-state index contributed by atoms with van der Waals surface area (Å²) in [6.07, 6.45) is 5.59. The molecule has 2 atom stereocenters. The van der Waals surface area contributed by atoms with Gasteiger partial charge < -0.3 is 10.2 Å². The van der Waals surface area contributed by atoms with E-state index in [1.54, 1.807) is 6.33 Å².